The van der Waals surface area contributed by atoms with Crippen molar-refractivity contribution in [2.24, 2.45) is 0 Å². The molecule has 1 saturated carbocycles. The number of rotatable bonds is 8. The molecule has 0 radical (unpaired) electrons. The van der Waals surface area contributed by atoms with E-state index in [9.17, 15) is 9.18 Å². The van der Waals surface area contributed by atoms with Gasteiger partial charge in [0.25, 0.3) is 5.91 Å². The molecule has 0 spiro atoms. The Morgan fingerprint density at radius 3 is 3.04 bits per heavy atom. The van der Waals surface area contributed by atoms with E-state index in [1.54, 1.807) is 17.9 Å². The van der Waals surface area contributed by atoms with Gasteiger partial charge >= 0.3 is 0 Å². The summed E-state index contributed by atoms with van der Waals surface area (Å²) >= 11 is 0. The summed E-state index contributed by atoms with van der Waals surface area (Å²) in [6.07, 6.45) is 2.39. The molecule has 0 bridgehead atoms. The van der Waals surface area contributed by atoms with Crippen LogP contribution in [0.4, 0.5) is 4.39 Å². The molecule has 7 nitrogen and oxygen atoms in total. The zero-order valence-corrected chi connectivity index (χ0v) is 16.2. The Hall–Kier alpha value is -2.03. The Kier molecular flexibility index (Phi) is 5.89. The first-order valence-corrected chi connectivity index (χ1v) is 9.94. The topological polar surface area (TPSA) is 68.6 Å². The quantitative estimate of drug-likeness (QED) is 0.695. The number of amides is 1. The Morgan fingerprint density at radius 2 is 2.32 bits per heavy atom. The van der Waals surface area contributed by atoms with Crippen molar-refractivity contribution in [2.45, 2.75) is 44.5 Å². The molecule has 1 aromatic heterocycles. The van der Waals surface area contributed by atoms with Gasteiger partial charge in [-0.15, -0.1) is 5.10 Å². The number of hydrogen-bond acceptors (Lipinski definition) is 5. The molecule has 152 valence electrons. The van der Waals surface area contributed by atoms with Gasteiger partial charge < -0.3 is 19.7 Å². The summed E-state index contributed by atoms with van der Waals surface area (Å²) in [7, 11) is 1.65. The summed E-state index contributed by atoms with van der Waals surface area (Å²) in [4.78, 5) is 14.9. The molecule has 2 fully saturated rings. The van der Waals surface area contributed by atoms with E-state index in [0.717, 1.165) is 36.9 Å². The Bertz CT molecular complexity index is 830. The Morgan fingerprint density at radius 1 is 1.46 bits per heavy atom. The number of aromatic nitrogens is 2. The van der Waals surface area contributed by atoms with E-state index in [0.29, 0.717) is 38.2 Å². The first-order valence-electron chi connectivity index (χ1n) is 9.94. The van der Waals surface area contributed by atoms with Gasteiger partial charge in [-0.2, -0.15) is 4.39 Å². The van der Waals surface area contributed by atoms with Gasteiger partial charge in [0.2, 0.25) is 5.95 Å². The lowest BCUT2D eigenvalue weighted by Gasteiger charge is -2.30. The minimum atomic E-state index is -0.462. The van der Waals surface area contributed by atoms with Crippen molar-refractivity contribution in [3.05, 3.63) is 29.7 Å². The van der Waals surface area contributed by atoms with Crippen LogP contribution in [0.2, 0.25) is 0 Å². The number of benzene rings is 1. The van der Waals surface area contributed by atoms with Crippen molar-refractivity contribution in [1.82, 2.24) is 20.0 Å². The Labute approximate surface area is 163 Å². The fraction of sp³-hybridized carbons (Fsp3) is 0.600. The van der Waals surface area contributed by atoms with E-state index in [-0.39, 0.29) is 11.9 Å². The number of morpholine rings is 1. The molecule has 4 rings (SSSR count). The van der Waals surface area contributed by atoms with Gasteiger partial charge in [0.15, 0.2) is 0 Å². The second-order valence-electron chi connectivity index (χ2n) is 7.47. The van der Waals surface area contributed by atoms with Gasteiger partial charge in [-0.25, -0.2) is 0 Å². The molecule has 2 aliphatic rings. The van der Waals surface area contributed by atoms with Gasteiger partial charge in [0.05, 0.1) is 17.5 Å². The lowest BCUT2D eigenvalue weighted by Crippen LogP contribution is -2.49. The van der Waals surface area contributed by atoms with E-state index in [1.165, 1.54) is 0 Å². The summed E-state index contributed by atoms with van der Waals surface area (Å²) in [6.45, 7) is 3.58. The fourth-order valence-electron chi connectivity index (χ4n) is 3.69. The van der Waals surface area contributed by atoms with Crippen LogP contribution in [0.1, 0.15) is 24.8 Å². The average Bonchev–Trinajstić information content (AvgIpc) is 3.52. The maximum absolute atomic E-state index is 14.2. The lowest BCUT2D eigenvalue weighted by molar-refractivity contribution is -0.146. The molecule has 1 aliphatic carbocycles. The minimum absolute atomic E-state index is 0.0366. The van der Waals surface area contributed by atoms with Crippen LogP contribution in [0, 0.1) is 5.95 Å². The molecule has 28 heavy (non-hydrogen) atoms. The first kappa shape index (κ1) is 19.3. The van der Waals surface area contributed by atoms with Gasteiger partial charge in [0, 0.05) is 45.9 Å². The molecule has 1 atom stereocenters. The molecule has 0 unspecified atom stereocenters. The third-order valence-corrected chi connectivity index (χ3v) is 5.32. The Balaban J connectivity index is 1.53. The number of ether oxygens (including phenoxy) is 2. The van der Waals surface area contributed by atoms with Crippen LogP contribution in [-0.4, -0.2) is 66.1 Å². The predicted octanol–water partition coefficient (Wildman–Crippen LogP) is 1.69. The maximum Gasteiger partial charge on any atom is 0.253 e. The second-order valence-corrected chi connectivity index (χ2v) is 7.47. The fourth-order valence-corrected chi connectivity index (χ4v) is 3.69. The molecule has 1 aliphatic heterocycles. The third-order valence-electron chi connectivity index (χ3n) is 5.32. The van der Waals surface area contributed by atoms with Crippen LogP contribution in [0.15, 0.2) is 18.2 Å². The molecule has 1 saturated heterocycles. The van der Waals surface area contributed by atoms with Crippen LogP contribution < -0.4 is 5.32 Å². The predicted molar refractivity (Wildman–Crippen MR) is 102 cm³/mol. The van der Waals surface area contributed by atoms with Crippen LogP contribution in [0.25, 0.3) is 10.9 Å². The molecule has 2 heterocycles. The van der Waals surface area contributed by atoms with Crippen molar-refractivity contribution in [3.63, 3.8) is 0 Å². The number of halogens is 1. The average molecular weight is 390 g/mol. The van der Waals surface area contributed by atoms with Gasteiger partial charge in [-0.3, -0.25) is 9.48 Å². The number of nitrogens with one attached hydrogen (secondary N) is 1. The summed E-state index contributed by atoms with van der Waals surface area (Å²) in [5.74, 6) is -0.426. The van der Waals surface area contributed by atoms with E-state index in [1.807, 2.05) is 17.0 Å². The van der Waals surface area contributed by atoms with Crippen LogP contribution >= 0.6 is 0 Å². The maximum atomic E-state index is 14.2. The molecular formula is C20H27FN4O3. The number of hydrogen-bond donors (Lipinski definition) is 1. The molecule has 1 amide bonds. The monoisotopic (exact) mass is 390 g/mol. The number of fused-ring (bicyclic) bond motifs is 1. The second kappa shape index (κ2) is 8.55. The molecule has 1 aromatic carbocycles. The summed E-state index contributed by atoms with van der Waals surface area (Å²) in [5, 5.41) is 7.74. The molecule has 8 heteroatoms. The van der Waals surface area contributed by atoms with Crippen molar-refractivity contribution >= 4 is 16.8 Å². The highest BCUT2D eigenvalue weighted by Crippen LogP contribution is 2.30. The van der Waals surface area contributed by atoms with Crippen molar-refractivity contribution < 1.29 is 18.7 Å². The summed E-state index contributed by atoms with van der Waals surface area (Å²) < 4.78 is 26.6. The number of aryl methyl sites for hydroxylation is 1. The van der Waals surface area contributed by atoms with E-state index in [4.69, 9.17) is 9.47 Å². The lowest BCUT2D eigenvalue weighted by atomic mass is 10.1. The zero-order valence-electron chi connectivity index (χ0n) is 16.2. The molecular weight excluding hydrogens is 363 g/mol. The van der Waals surface area contributed by atoms with Crippen LogP contribution in [0.5, 0.6) is 0 Å². The number of nitrogens with zero attached hydrogens (tertiary/aromatic N) is 3. The van der Waals surface area contributed by atoms with E-state index >= 15 is 0 Å². The highest BCUT2D eigenvalue weighted by Gasteiger charge is 2.36. The smallest absolute Gasteiger partial charge is 0.253 e. The van der Waals surface area contributed by atoms with Gasteiger partial charge in [-0.05, 0) is 37.0 Å². The standard InChI is InChI=1S/C20H27FN4O3/c1-27-9-2-8-25-17-11-14(3-6-16(17)19(21)23-25)13-24(15-4-5-15)20(26)18-12-22-7-10-28-18/h3,6,11,15,18,22H,2,4-5,7-10,12-13H2,1H3/t18-/m1/s1. The highest BCUT2D eigenvalue weighted by atomic mass is 19.1. The SMILES string of the molecule is COCCCn1nc(F)c2ccc(CN(C(=O)[C@H]3CNCCO3)C3CC3)cc21. The van der Waals surface area contributed by atoms with Gasteiger partial charge in [0.1, 0.15) is 6.10 Å². The van der Waals surface area contributed by atoms with E-state index < -0.39 is 12.1 Å². The van der Waals surface area contributed by atoms with Crippen molar-refractivity contribution in [2.75, 3.05) is 33.4 Å². The highest BCUT2D eigenvalue weighted by molar-refractivity contribution is 5.83. The largest absolute Gasteiger partial charge is 0.385 e. The van der Waals surface area contributed by atoms with Crippen molar-refractivity contribution in [1.29, 1.82) is 0 Å². The number of carbonyl (C=O) groups is 1. The number of carbonyl (C=O) groups excluding carboxylic acids is 1. The summed E-state index contributed by atoms with van der Waals surface area (Å²) in [5.41, 5.74) is 1.73. The molecule has 2 aromatic rings. The first-order chi connectivity index (χ1) is 13.7. The van der Waals surface area contributed by atoms with Crippen LogP contribution in [0.3, 0.4) is 0 Å². The minimum Gasteiger partial charge on any atom is -0.385 e. The van der Waals surface area contributed by atoms with Gasteiger partial charge in [-0.1, -0.05) is 6.07 Å². The summed E-state index contributed by atoms with van der Waals surface area (Å²) in [6, 6.07) is 5.86. The zero-order chi connectivity index (χ0) is 19.5. The van der Waals surface area contributed by atoms with Crippen LogP contribution in [-0.2, 0) is 27.4 Å². The number of methoxy groups -OCH3 is 1. The van der Waals surface area contributed by atoms with E-state index in [2.05, 4.69) is 10.4 Å². The normalized spacial score (nSPS) is 19.9. The third kappa shape index (κ3) is 4.19. The molecule has 1 N–H and O–H groups in total. The van der Waals surface area contributed by atoms with Crippen molar-refractivity contribution in [3.8, 4) is 0 Å².